The van der Waals surface area contributed by atoms with Crippen LogP contribution in [-0.4, -0.2) is 22.5 Å². The fourth-order valence-electron chi connectivity index (χ4n) is 7.58. The van der Waals surface area contributed by atoms with Crippen LogP contribution in [0.15, 0.2) is 18.5 Å². The van der Waals surface area contributed by atoms with Gasteiger partial charge in [-0.25, -0.2) is 4.98 Å². The fraction of sp³-hybridized carbons (Fsp3) is 0.720. The van der Waals surface area contributed by atoms with E-state index in [0.717, 1.165) is 36.1 Å². The quantitative estimate of drug-likeness (QED) is 0.645. The van der Waals surface area contributed by atoms with Gasteiger partial charge in [0.25, 0.3) is 0 Å². The number of carbonyl (C=O) groups is 1. The van der Waals surface area contributed by atoms with Gasteiger partial charge in [0.2, 0.25) is 0 Å². The van der Waals surface area contributed by atoms with Crippen LogP contribution in [0.25, 0.3) is 5.57 Å². The van der Waals surface area contributed by atoms with E-state index in [1.165, 1.54) is 37.7 Å². The minimum Gasteiger partial charge on any atom is -0.466 e. The molecule has 1 saturated heterocycles. The second-order valence-corrected chi connectivity index (χ2v) is 10.4. The Hall–Kier alpha value is -1.71. The van der Waals surface area contributed by atoms with Crippen molar-refractivity contribution in [3.05, 3.63) is 29.9 Å². The number of nitrogens with zero attached hydrogens (tertiary/aromatic N) is 2. The maximum atomic E-state index is 12.1. The van der Waals surface area contributed by atoms with Gasteiger partial charge in [0.05, 0.1) is 24.2 Å². The zero-order valence-corrected chi connectivity index (χ0v) is 18.1. The molecule has 4 aliphatic rings. The van der Waals surface area contributed by atoms with Crippen molar-refractivity contribution < 1.29 is 9.53 Å². The van der Waals surface area contributed by atoms with E-state index in [1.807, 2.05) is 12.4 Å². The lowest BCUT2D eigenvalue weighted by atomic mass is 9.46. The molecule has 3 aliphatic carbocycles. The van der Waals surface area contributed by atoms with Gasteiger partial charge in [0.15, 0.2) is 0 Å². The minimum absolute atomic E-state index is 0.0250. The molecule has 0 aromatic carbocycles. The number of carbonyl (C=O) groups excluding carboxylic acids is 1. The van der Waals surface area contributed by atoms with Crippen molar-refractivity contribution in [1.82, 2.24) is 9.97 Å². The summed E-state index contributed by atoms with van der Waals surface area (Å²) in [6, 6.07) is 0. The molecule has 0 spiro atoms. The Labute approximate surface area is 174 Å². The summed E-state index contributed by atoms with van der Waals surface area (Å²) < 4.78 is 5.48. The Balaban J connectivity index is 1.44. The molecule has 3 unspecified atom stereocenters. The van der Waals surface area contributed by atoms with E-state index in [9.17, 15) is 4.79 Å². The number of ether oxygens (including phenoxy) is 1. The third kappa shape index (κ3) is 2.89. The van der Waals surface area contributed by atoms with Crippen LogP contribution in [0.2, 0.25) is 0 Å². The van der Waals surface area contributed by atoms with Gasteiger partial charge in [-0.15, -0.1) is 0 Å². The molecule has 3 fully saturated rings. The number of rotatable bonds is 2. The molecule has 0 N–H and O–H groups in total. The number of cyclic esters (lactones) is 1. The Morgan fingerprint density at radius 2 is 2.00 bits per heavy atom. The van der Waals surface area contributed by atoms with Gasteiger partial charge in [-0.2, -0.15) is 0 Å². The highest BCUT2D eigenvalue weighted by atomic mass is 16.5. The lowest BCUT2D eigenvalue weighted by Gasteiger charge is -2.58. The molecular weight excluding hydrogens is 360 g/mol. The summed E-state index contributed by atoms with van der Waals surface area (Å²) in [6.07, 6.45) is 15.0. The smallest absolute Gasteiger partial charge is 0.306 e. The highest BCUT2D eigenvalue weighted by Crippen LogP contribution is 2.66. The zero-order valence-electron chi connectivity index (χ0n) is 18.1. The second kappa shape index (κ2) is 6.92. The number of fused-ring (bicyclic) bond motifs is 5. The van der Waals surface area contributed by atoms with E-state index in [4.69, 9.17) is 9.72 Å². The predicted octanol–water partition coefficient (Wildman–Crippen LogP) is 5.23. The molecule has 1 aliphatic heterocycles. The van der Waals surface area contributed by atoms with Crippen molar-refractivity contribution in [2.45, 2.75) is 72.1 Å². The molecule has 6 atom stereocenters. The van der Waals surface area contributed by atoms with Gasteiger partial charge >= 0.3 is 5.97 Å². The number of allylic oxidation sites excluding steroid dienone is 2. The zero-order chi connectivity index (χ0) is 20.2. The summed E-state index contributed by atoms with van der Waals surface area (Å²) in [5.41, 5.74) is 4.08. The first-order valence-electron chi connectivity index (χ1n) is 11.6. The molecular formula is C25H34N2O2. The van der Waals surface area contributed by atoms with Gasteiger partial charge in [-0.3, -0.25) is 9.78 Å². The Morgan fingerprint density at radius 3 is 2.83 bits per heavy atom. The average molecular weight is 395 g/mol. The van der Waals surface area contributed by atoms with Gasteiger partial charge in [-0.05, 0) is 85.0 Å². The van der Waals surface area contributed by atoms with Gasteiger partial charge in [0, 0.05) is 12.6 Å². The van der Waals surface area contributed by atoms with Gasteiger partial charge in [0.1, 0.15) is 0 Å². The maximum Gasteiger partial charge on any atom is 0.306 e. The predicted molar refractivity (Wildman–Crippen MR) is 113 cm³/mol. The van der Waals surface area contributed by atoms with Crippen LogP contribution >= 0.6 is 0 Å². The number of hydrogen-bond donors (Lipinski definition) is 0. The normalized spacial score (nSPS) is 41.5. The highest BCUT2D eigenvalue weighted by Gasteiger charge is 2.58. The highest BCUT2D eigenvalue weighted by molar-refractivity contribution is 5.71. The van der Waals surface area contributed by atoms with Crippen molar-refractivity contribution in [1.29, 1.82) is 0 Å². The SMILES string of the molecule is CCc1cncc(C2=CCC3[C@@H]4CCC5CC(=O)OCC[C@]5(C)C4CC[C@]23C)n1. The molecule has 4 heteroatoms. The van der Waals surface area contributed by atoms with Crippen molar-refractivity contribution in [2.24, 2.45) is 34.5 Å². The third-order valence-electron chi connectivity index (χ3n) is 9.29. The molecule has 2 saturated carbocycles. The first-order valence-corrected chi connectivity index (χ1v) is 11.6. The van der Waals surface area contributed by atoms with E-state index in [1.54, 1.807) is 0 Å². The van der Waals surface area contributed by atoms with Crippen molar-refractivity contribution in [3.8, 4) is 0 Å². The van der Waals surface area contributed by atoms with Crippen LogP contribution in [-0.2, 0) is 16.0 Å². The molecule has 1 aromatic rings. The molecule has 156 valence electrons. The topological polar surface area (TPSA) is 52.1 Å². The molecule has 0 bridgehead atoms. The maximum absolute atomic E-state index is 12.1. The Bertz CT molecular complexity index is 849. The molecule has 0 amide bonds. The van der Waals surface area contributed by atoms with E-state index >= 15 is 0 Å². The summed E-state index contributed by atoms with van der Waals surface area (Å²) in [5, 5.41) is 0. The Kier molecular flexibility index (Phi) is 4.60. The summed E-state index contributed by atoms with van der Waals surface area (Å²) in [7, 11) is 0. The summed E-state index contributed by atoms with van der Waals surface area (Å²) in [5.74, 6) is 2.69. The van der Waals surface area contributed by atoms with Crippen molar-refractivity contribution in [2.75, 3.05) is 6.61 Å². The molecule has 0 radical (unpaired) electrons. The first-order chi connectivity index (χ1) is 14.0. The van der Waals surface area contributed by atoms with Gasteiger partial charge in [-0.1, -0.05) is 26.8 Å². The van der Waals surface area contributed by atoms with Crippen LogP contribution in [0.5, 0.6) is 0 Å². The largest absolute Gasteiger partial charge is 0.466 e. The van der Waals surface area contributed by atoms with Crippen LogP contribution in [0.4, 0.5) is 0 Å². The summed E-state index contributed by atoms with van der Waals surface area (Å²) in [6.45, 7) is 7.71. The second-order valence-electron chi connectivity index (χ2n) is 10.4. The number of esters is 1. The van der Waals surface area contributed by atoms with Crippen LogP contribution in [0, 0.1) is 34.5 Å². The average Bonchev–Trinajstić information content (AvgIpc) is 2.99. The summed E-state index contributed by atoms with van der Waals surface area (Å²) >= 11 is 0. The first kappa shape index (κ1) is 19.3. The summed E-state index contributed by atoms with van der Waals surface area (Å²) in [4.78, 5) is 21.5. The minimum atomic E-state index is 0.0250. The van der Waals surface area contributed by atoms with Crippen molar-refractivity contribution >= 4 is 11.5 Å². The molecule has 29 heavy (non-hydrogen) atoms. The van der Waals surface area contributed by atoms with Crippen LogP contribution in [0.3, 0.4) is 0 Å². The lowest BCUT2D eigenvalue weighted by molar-refractivity contribution is -0.143. The molecule has 4 nitrogen and oxygen atoms in total. The molecule has 5 rings (SSSR count). The molecule has 2 heterocycles. The van der Waals surface area contributed by atoms with E-state index in [-0.39, 0.29) is 16.8 Å². The van der Waals surface area contributed by atoms with E-state index in [2.05, 4.69) is 31.8 Å². The van der Waals surface area contributed by atoms with Crippen LogP contribution in [0.1, 0.15) is 77.1 Å². The monoisotopic (exact) mass is 394 g/mol. The van der Waals surface area contributed by atoms with E-state index in [0.29, 0.717) is 24.9 Å². The lowest BCUT2D eigenvalue weighted by Crippen LogP contribution is -2.51. The standard InChI is InChI=1S/C25H34N2O2/c1-4-17-14-26-15-22(27-17)21-8-7-19-18-6-5-16-13-23(28)29-12-11-24(16,2)20(18)9-10-25(19,21)3/h8,14-16,18-20H,4-7,9-13H2,1-3H3/t16?,18-,19?,20?,24-,25-/m0/s1. The number of hydrogen-bond acceptors (Lipinski definition) is 4. The fourth-order valence-corrected chi connectivity index (χ4v) is 7.58. The molecule has 1 aromatic heterocycles. The number of aryl methyl sites for hydroxylation is 1. The number of aromatic nitrogens is 2. The van der Waals surface area contributed by atoms with Crippen LogP contribution < -0.4 is 0 Å². The van der Waals surface area contributed by atoms with E-state index < -0.39 is 0 Å². The van der Waals surface area contributed by atoms with Crippen molar-refractivity contribution in [3.63, 3.8) is 0 Å². The Morgan fingerprint density at radius 1 is 1.14 bits per heavy atom. The van der Waals surface area contributed by atoms with Gasteiger partial charge < -0.3 is 4.74 Å². The third-order valence-corrected chi connectivity index (χ3v) is 9.29.